The predicted octanol–water partition coefficient (Wildman–Crippen LogP) is 19.1. The van der Waals surface area contributed by atoms with Gasteiger partial charge in [0.15, 0.2) is 0 Å². The van der Waals surface area contributed by atoms with Crippen LogP contribution in [0, 0.1) is 11.6 Å². The summed E-state index contributed by atoms with van der Waals surface area (Å²) in [5.41, 5.74) is 21.6. The van der Waals surface area contributed by atoms with Gasteiger partial charge in [-0.05, 0) is 197 Å². The first-order valence-electron chi connectivity index (χ1n) is 24.7. The Labute approximate surface area is 416 Å². The van der Waals surface area contributed by atoms with Crippen LogP contribution in [0.15, 0.2) is 212 Å². The Morgan fingerprint density at radius 3 is 1.31 bits per heavy atom. The highest BCUT2D eigenvalue weighted by Crippen LogP contribution is 2.58. The maximum Gasteiger partial charge on any atom is 0.123 e. The molecule has 2 aliphatic carbocycles. The molecule has 0 aliphatic heterocycles. The van der Waals surface area contributed by atoms with Crippen molar-refractivity contribution in [2.45, 2.75) is 58.3 Å². The number of benzene rings is 10. The summed E-state index contributed by atoms with van der Waals surface area (Å²) in [7, 11) is 0. The van der Waals surface area contributed by atoms with Crippen molar-refractivity contribution in [3.8, 4) is 44.5 Å². The van der Waals surface area contributed by atoms with Crippen LogP contribution in [-0.2, 0) is 10.8 Å². The Morgan fingerprint density at radius 1 is 0.338 bits per heavy atom. The molecule has 0 fully saturated rings. The third kappa shape index (κ3) is 7.61. The first-order chi connectivity index (χ1) is 34.3. The highest BCUT2D eigenvalue weighted by atomic mass is 19.1. The van der Waals surface area contributed by atoms with E-state index in [2.05, 4.69) is 215 Å². The number of rotatable bonds is 8. The fraction of sp³-hybridized carbons (Fsp3) is 0.134. The molecule has 0 saturated heterocycles. The summed E-state index contributed by atoms with van der Waals surface area (Å²) in [4.78, 5) is 4.44. The second-order valence-electron chi connectivity index (χ2n) is 21.2. The standard InChI is InChI=1S/C67H54F2N2/c1-66(2,3)43-20-30-48(31-21-43)70(50-34-24-45(68)25-35-50)47-28-18-42(19-29-47)53-39-38-52(71(51-36-26-46(69)27-37-51)49-32-22-44(23-33-49)67(4,5)6)40-60(53)65-58-15-10-9-14-57(58)64-59-17-11-16-56-54-12-7-8-13-55(54)61(63(56)59)41-62(64)65/h7-41,65H,1-6H3. The van der Waals surface area contributed by atoms with Crippen LogP contribution in [0.2, 0.25) is 0 Å². The molecule has 10 aromatic carbocycles. The molecule has 0 bridgehead atoms. The lowest BCUT2D eigenvalue weighted by molar-refractivity contribution is 0.590. The Kier molecular flexibility index (Phi) is 10.5. The summed E-state index contributed by atoms with van der Waals surface area (Å²) in [6, 6.07) is 73.7. The minimum atomic E-state index is -0.277. The first-order valence-corrected chi connectivity index (χ1v) is 24.7. The van der Waals surface area contributed by atoms with Crippen molar-refractivity contribution < 1.29 is 8.78 Å². The number of nitrogens with zero attached hydrogens (tertiary/aromatic N) is 2. The maximum atomic E-state index is 14.7. The van der Waals surface area contributed by atoms with Crippen molar-refractivity contribution in [2.24, 2.45) is 0 Å². The van der Waals surface area contributed by atoms with Gasteiger partial charge in [0.25, 0.3) is 0 Å². The summed E-state index contributed by atoms with van der Waals surface area (Å²) in [6.45, 7) is 13.4. The SMILES string of the molecule is CC(C)(C)c1ccc(N(c2ccc(F)cc2)c2ccc(-c3ccc(N(c4ccc(F)cc4)c4ccc(C(C)(C)C)cc4)cc3C3c4ccccc4-c4c3cc3c5c(cccc45)-c4ccccc4-3)cc2)cc1. The molecule has 0 N–H and O–H groups in total. The summed E-state index contributed by atoms with van der Waals surface area (Å²) >= 11 is 0. The van der Waals surface area contributed by atoms with Gasteiger partial charge in [-0.1, -0.05) is 151 Å². The van der Waals surface area contributed by atoms with E-state index < -0.39 is 0 Å². The molecule has 0 amide bonds. The van der Waals surface area contributed by atoms with Gasteiger partial charge in [0.1, 0.15) is 11.6 Å². The Balaban J connectivity index is 1.07. The maximum absolute atomic E-state index is 14.7. The Hall–Kier alpha value is -8.08. The smallest absolute Gasteiger partial charge is 0.123 e. The molecule has 4 heteroatoms. The molecule has 0 spiro atoms. The number of hydrogen-bond donors (Lipinski definition) is 0. The molecule has 71 heavy (non-hydrogen) atoms. The van der Waals surface area contributed by atoms with Crippen LogP contribution in [0.4, 0.5) is 42.9 Å². The number of hydrogen-bond acceptors (Lipinski definition) is 2. The summed E-state index contributed by atoms with van der Waals surface area (Å²) in [5.74, 6) is -0.673. The lowest BCUT2D eigenvalue weighted by atomic mass is 9.82. The lowest BCUT2D eigenvalue weighted by Crippen LogP contribution is -2.14. The van der Waals surface area contributed by atoms with Crippen molar-refractivity contribution in [2.75, 3.05) is 9.80 Å². The van der Waals surface area contributed by atoms with Crippen molar-refractivity contribution in [1.29, 1.82) is 0 Å². The molecular weight excluding hydrogens is 871 g/mol. The van der Waals surface area contributed by atoms with Gasteiger partial charge in [-0.3, -0.25) is 0 Å². The number of fused-ring (bicyclic) bond motifs is 7. The normalized spacial score (nSPS) is 13.5. The molecule has 0 radical (unpaired) electrons. The highest BCUT2D eigenvalue weighted by Gasteiger charge is 2.36. The van der Waals surface area contributed by atoms with E-state index in [0.29, 0.717) is 0 Å². The van der Waals surface area contributed by atoms with E-state index >= 15 is 0 Å². The Morgan fingerprint density at radius 2 is 0.775 bits per heavy atom. The van der Waals surface area contributed by atoms with E-state index in [9.17, 15) is 8.78 Å². The van der Waals surface area contributed by atoms with Crippen LogP contribution >= 0.6 is 0 Å². The van der Waals surface area contributed by atoms with Gasteiger partial charge < -0.3 is 9.80 Å². The van der Waals surface area contributed by atoms with Gasteiger partial charge in [-0.2, -0.15) is 0 Å². The minimum Gasteiger partial charge on any atom is -0.311 e. The second kappa shape index (κ2) is 16.8. The molecule has 2 nitrogen and oxygen atoms in total. The summed E-state index contributed by atoms with van der Waals surface area (Å²) < 4.78 is 29.1. The van der Waals surface area contributed by atoms with Gasteiger partial charge in [0.05, 0.1) is 0 Å². The quantitative estimate of drug-likeness (QED) is 0.150. The van der Waals surface area contributed by atoms with Gasteiger partial charge in [0, 0.05) is 40.0 Å². The van der Waals surface area contributed by atoms with Crippen molar-refractivity contribution in [1.82, 2.24) is 0 Å². The topological polar surface area (TPSA) is 6.48 Å². The van der Waals surface area contributed by atoms with Crippen LogP contribution in [-0.4, -0.2) is 0 Å². The predicted molar refractivity (Wildman–Crippen MR) is 293 cm³/mol. The molecule has 2 aliphatic rings. The van der Waals surface area contributed by atoms with Crippen LogP contribution < -0.4 is 9.80 Å². The highest BCUT2D eigenvalue weighted by molar-refractivity contribution is 6.20. The third-order valence-corrected chi connectivity index (χ3v) is 14.7. The summed E-state index contributed by atoms with van der Waals surface area (Å²) in [6.07, 6.45) is 0. The second-order valence-corrected chi connectivity index (χ2v) is 21.2. The molecule has 346 valence electrons. The number of anilines is 6. The van der Waals surface area contributed by atoms with E-state index in [-0.39, 0.29) is 28.4 Å². The van der Waals surface area contributed by atoms with Gasteiger partial charge in [-0.15, -0.1) is 0 Å². The molecule has 10 aromatic rings. The van der Waals surface area contributed by atoms with Crippen molar-refractivity contribution in [3.63, 3.8) is 0 Å². The van der Waals surface area contributed by atoms with Crippen molar-refractivity contribution in [3.05, 3.63) is 252 Å². The van der Waals surface area contributed by atoms with Gasteiger partial charge in [-0.25, -0.2) is 8.78 Å². The van der Waals surface area contributed by atoms with E-state index in [4.69, 9.17) is 0 Å². The molecule has 1 atom stereocenters. The van der Waals surface area contributed by atoms with Gasteiger partial charge in [0.2, 0.25) is 0 Å². The molecule has 12 rings (SSSR count). The lowest BCUT2D eigenvalue weighted by Gasteiger charge is -2.29. The molecular formula is C67H54F2N2. The minimum absolute atomic E-state index is 0.000294. The Bertz CT molecular complexity index is 3650. The average molecular weight is 925 g/mol. The summed E-state index contributed by atoms with van der Waals surface area (Å²) in [5, 5.41) is 2.58. The van der Waals surface area contributed by atoms with Gasteiger partial charge >= 0.3 is 0 Å². The van der Waals surface area contributed by atoms with Crippen molar-refractivity contribution >= 4 is 44.9 Å². The fourth-order valence-electron chi connectivity index (χ4n) is 11.2. The number of halogens is 2. The molecule has 0 heterocycles. The van der Waals surface area contributed by atoms with Crippen LogP contribution in [0.5, 0.6) is 0 Å². The van der Waals surface area contributed by atoms with E-state index in [1.807, 2.05) is 24.3 Å². The molecule has 0 saturated carbocycles. The van der Waals surface area contributed by atoms with Crippen LogP contribution in [0.25, 0.3) is 55.3 Å². The first kappa shape index (κ1) is 44.1. The average Bonchev–Trinajstić information content (AvgIpc) is 3.89. The zero-order valence-electron chi connectivity index (χ0n) is 40.9. The zero-order chi connectivity index (χ0) is 48.8. The molecule has 0 aromatic heterocycles. The van der Waals surface area contributed by atoms with E-state index in [1.165, 1.54) is 84.1 Å². The zero-order valence-corrected chi connectivity index (χ0v) is 40.9. The van der Waals surface area contributed by atoms with E-state index in [1.54, 1.807) is 12.1 Å². The fourth-order valence-corrected chi connectivity index (χ4v) is 11.2. The van der Waals surface area contributed by atoms with Crippen LogP contribution in [0.3, 0.4) is 0 Å². The third-order valence-electron chi connectivity index (χ3n) is 14.7. The van der Waals surface area contributed by atoms with E-state index in [0.717, 1.165) is 45.3 Å². The molecule has 1 unspecified atom stereocenters. The largest absolute Gasteiger partial charge is 0.311 e. The monoisotopic (exact) mass is 924 g/mol. The van der Waals surface area contributed by atoms with Crippen LogP contribution in [0.1, 0.15) is 75.3 Å².